The molecule has 1 aliphatic heterocycles. The van der Waals surface area contributed by atoms with E-state index in [1.807, 2.05) is 13.8 Å². The van der Waals surface area contributed by atoms with E-state index in [4.69, 9.17) is 9.47 Å². The normalized spacial score (nSPS) is 21.8. The number of anilines is 1. The lowest BCUT2D eigenvalue weighted by atomic mass is 9.85. The number of morpholine rings is 1. The van der Waals surface area contributed by atoms with E-state index in [9.17, 15) is 14.9 Å². The Bertz CT molecular complexity index is 761. The summed E-state index contributed by atoms with van der Waals surface area (Å²) in [6.45, 7) is 8.74. The zero-order valence-corrected chi connectivity index (χ0v) is 19.0. The van der Waals surface area contributed by atoms with Crippen molar-refractivity contribution in [1.82, 2.24) is 15.2 Å². The van der Waals surface area contributed by atoms with Gasteiger partial charge in [0.25, 0.3) is 0 Å². The minimum Gasteiger partial charge on any atom is -0.478 e. The number of aromatic nitrogens is 1. The van der Waals surface area contributed by atoms with Crippen LogP contribution >= 0.6 is 0 Å². The smallest absolute Gasteiger partial charge is 0.310 e. The van der Waals surface area contributed by atoms with E-state index >= 15 is 0 Å². The molecule has 0 unspecified atom stereocenters. The van der Waals surface area contributed by atoms with Crippen LogP contribution in [0.15, 0.2) is 12.3 Å². The number of carbonyl (C=O) groups is 1. The molecule has 0 spiro atoms. The molecule has 0 atom stereocenters. The fraction of sp³-hybridized carbons (Fsp3) is 0.727. The summed E-state index contributed by atoms with van der Waals surface area (Å²) < 4.78 is 11.1. The number of ether oxygens (including phenoxy) is 2. The van der Waals surface area contributed by atoms with Gasteiger partial charge in [0.15, 0.2) is 0 Å². The largest absolute Gasteiger partial charge is 0.478 e. The number of nitrogens with one attached hydrogen (secondary N) is 2. The zero-order chi connectivity index (χ0) is 22.9. The number of rotatable bonds is 10. The monoisotopic (exact) mass is 449 g/mol. The lowest BCUT2D eigenvalue weighted by Gasteiger charge is -2.29. The van der Waals surface area contributed by atoms with E-state index in [-0.39, 0.29) is 29.6 Å². The van der Waals surface area contributed by atoms with Gasteiger partial charge in [-0.25, -0.2) is 4.98 Å². The fourth-order valence-electron chi connectivity index (χ4n) is 4.18. The summed E-state index contributed by atoms with van der Waals surface area (Å²) in [4.78, 5) is 29.7. The molecule has 1 amide bonds. The summed E-state index contributed by atoms with van der Waals surface area (Å²) in [5, 5.41) is 17.7. The number of carbonyl (C=O) groups excluding carboxylic acids is 1. The molecule has 0 aromatic carbocycles. The first-order valence-corrected chi connectivity index (χ1v) is 11.6. The number of amides is 1. The third kappa shape index (κ3) is 7.30. The van der Waals surface area contributed by atoms with Gasteiger partial charge in [0.05, 0.1) is 24.7 Å². The maximum Gasteiger partial charge on any atom is 0.310 e. The van der Waals surface area contributed by atoms with Crippen molar-refractivity contribution in [2.75, 3.05) is 44.8 Å². The lowest BCUT2D eigenvalue weighted by Crippen LogP contribution is -2.38. The van der Waals surface area contributed by atoms with Crippen LogP contribution in [-0.4, -0.2) is 72.3 Å². The van der Waals surface area contributed by atoms with Gasteiger partial charge in [0, 0.05) is 43.7 Å². The number of nitro groups is 1. The fourth-order valence-corrected chi connectivity index (χ4v) is 4.18. The number of pyridine rings is 1. The quantitative estimate of drug-likeness (QED) is 0.318. The Balaban J connectivity index is 1.51. The van der Waals surface area contributed by atoms with Crippen molar-refractivity contribution in [1.29, 1.82) is 0 Å². The summed E-state index contributed by atoms with van der Waals surface area (Å²) >= 11 is 0. The van der Waals surface area contributed by atoms with Gasteiger partial charge < -0.3 is 20.1 Å². The molecule has 2 heterocycles. The molecule has 2 N–H and O–H groups in total. The third-order valence-electron chi connectivity index (χ3n) is 5.92. The Morgan fingerprint density at radius 1 is 1.31 bits per heavy atom. The van der Waals surface area contributed by atoms with Crippen molar-refractivity contribution < 1.29 is 19.2 Å². The van der Waals surface area contributed by atoms with Crippen molar-refractivity contribution >= 4 is 17.3 Å². The molecule has 3 rings (SSSR count). The van der Waals surface area contributed by atoms with Crippen LogP contribution in [0.2, 0.25) is 0 Å². The Morgan fingerprint density at radius 2 is 2.03 bits per heavy atom. The highest BCUT2D eigenvalue weighted by atomic mass is 16.6. The molecule has 1 aliphatic carbocycles. The van der Waals surface area contributed by atoms with E-state index in [0.717, 1.165) is 65.0 Å². The van der Waals surface area contributed by atoms with Crippen molar-refractivity contribution in [2.45, 2.75) is 58.0 Å². The Morgan fingerprint density at radius 3 is 2.69 bits per heavy atom. The second kappa shape index (κ2) is 12.0. The van der Waals surface area contributed by atoms with Crippen LogP contribution in [0, 0.1) is 16.0 Å². The summed E-state index contributed by atoms with van der Waals surface area (Å²) in [5.74, 6) is 0.486. The standard InChI is InChI=1S/C22H35N5O5/c1-16(2)24-22(28)17-4-6-18(7-5-17)25-19-14-21(23-15-20(19)27(29)30)32-11-3-8-26-9-12-31-13-10-26/h14-18H,3-13H2,1-2H3,(H,23,25)(H,24,28)/t17-,18+. The van der Waals surface area contributed by atoms with Crippen LogP contribution < -0.4 is 15.4 Å². The van der Waals surface area contributed by atoms with Gasteiger partial charge in [-0.1, -0.05) is 0 Å². The topological polar surface area (TPSA) is 119 Å². The molecule has 2 aliphatic rings. The van der Waals surface area contributed by atoms with Gasteiger partial charge in [-0.05, 0) is 46.0 Å². The van der Waals surface area contributed by atoms with Crippen molar-refractivity contribution in [3.8, 4) is 5.88 Å². The maximum atomic E-state index is 12.2. The van der Waals surface area contributed by atoms with Crippen LogP contribution in [0.1, 0.15) is 46.0 Å². The van der Waals surface area contributed by atoms with E-state index in [1.54, 1.807) is 6.07 Å². The van der Waals surface area contributed by atoms with Gasteiger partial charge in [0.1, 0.15) is 11.9 Å². The average Bonchev–Trinajstić information content (AvgIpc) is 2.77. The molecule has 0 bridgehead atoms. The molecular weight excluding hydrogens is 414 g/mol. The van der Waals surface area contributed by atoms with Gasteiger partial charge in [0.2, 0.25) is 11.8 Å². The summed E-state index contributed by atoms with van der Waals surface area (Å²) in [7, 11) is 0. The molecule has 1 aromatic rings. The number of nitrogens with zero attached hydrogens (tertiary/aromatic N) is 3. The summed E-state index contributed by atoms with van der Waals surface area (Å²) in [5.41, 5.74) is 0.355. The Labute approximate surface area is 189 Å². The van der Waals surface area contributed by atoms with E-state index < -0.39 is 4.92 Å². The van der Waals surface area contributed by atoms with Gasteiger partial charge in [-0.15, -0.1) is 0 Å². The van der Waals surface area contributed by atoms with Crippen LogP contribution in [-0.2, 0) is 9.53 Å². The van der Waals surface area contributed by atoms with Crippen molar-refractivity contribution in [3.05, 3.63) is 22.4 Å². The van der Waals surface area contributed by atoms with Crippen LogP contribution in [0.4, 0.5) is 11.4 Å². The van der Waals surface area contributed by atoms with E-state index in [1.165, 1.54) is 6.20 Å². The van der Waals surface area contributed by atoms with Crippen molar-refractivity contribution in [2.24, 2.45) is 5.92 Å². The number of hydrogen-bond acceptors (Lipinski definition) is 8. The van der Waals surface area contributed by atoms with Crippen LogP contribution in [0.3, 0.4) is 0 Å². The van der Waals surface area contributed by atoms with Gasteiger partial charge in [-0.2, -0.15) is 0 Å². The molecule has 10 nitrogen and oxygen atoms in total. The number of hydrogen-bond donors (Lipinski definition) is 2. The lowest BCUT2D eigenvalue weighted by molar-refractivity contribution is -0.384. The highest BCUT2D eigenvalue weighted by Gasteiger charge is 2.28. The van der Waals surface area contributed by atoms with E-state index in [0.29, 0.717) is 18.2 Å². The molecule has 2 fully saturated rings. The summed E-state index contributed by atoms with van der Waals surface area (Å²) in [6.07, 6.45) is 5.20. The van der Waals surface area contributed by atoms with Crippen LogP contribution in [0.25, 0.3) is 0 Å². The predicted octanol–water partition coefficient (Wildman–Crippen LogP) is 2.59. The Hall–Kier alpha value is -2.46. The minimum absolute atomic E-state index is 0.00763. The molecule has 32 heavy (non-hydrogen) atoms. The van der Waals surface area contributed by atoms with E-state index in [2.05, 4.69) is 20.5 Å². The van der Waals surface area contributed by atoms with Gasteiger partial charge >= 0.3 is 5.69 Å². The molecular formula is C22H35N5O5. The zero-order valence-electron chi connectivity index (χ0n) is 19.0. The molecule has 1 aromatic heterocycles. The summed E-state index contributed by atoms with van der Waals surface area (Å²) in [6, 6.07) is 1.82. The average molecular weight is 450 g/mol. The molecule has 1 saturated carbocycles. The first kappa shape index (κ1) is 24.2. The second-order valence-corrected chi connectivity index (χ2v) is 8.81. The maximum absolute atomic E-state index is 12.2. The highest BCUT2D eigenvalue weighted by molar-refractivity contribution is 5.79. The minimum atomic E-state index is -0.431. The highest BCUT2D eigenvalue weighted by Crippen LogP contribution is 2.32. The third-order valence-corrected chi connectivity index (χ3v) is 5.92. The van der Waals surface area contributed by atoms with Gasteiger partial charge in [-0.3, -0.25) is 19.8 Å². The predicted molar refractivity (Wildman–Crippen MR) is 121 cm³/mol. The second-order valence-electron chi connectivity index (χ2n) is 8.81. The first-order valence-electron chi connectivity index (χ1n) is 11.6. The molecule has 0 radical (unpaired) electrons. The molecule has 178 valence electrons. The van der Waals surface area contributed by atoms with Crippen LogP contribution in [0.5, 0.6) is 5.88 Å². The first-order chi connectivity index (χ1) is 15.4. The molecule has 1 saturated heterocycles. The Kier molecular flexibility index (Phi) is 9.04. The SMILES string of the molecule is CC(C)NC(=O)[C@H]1CC[C@@H](Nc2cc(OCCCN3CCOCC3)ncc2[N+](=O)[O-])CC1. The van der Waals surface area contributed by atoms with Crippen molar-refractivity contribution in [3.63, 3.8) is 0 Å². The molecule has 10 heteroatoms.